The highest BCUT2D eigenvalue weighted by Crippen LogP contribution is 2.30. The number of carboxylic acids is 1. The van der Waals surface area contributed by atoms with Crippen LogP contribution in [0, 0.1) is 12.3 Å². The first kappa shape index (κ1) is 20.0. The summed E-state index contributed by atoms with van der Waals surface area (Å²) in [6.45, 7) is 6.96. The van der Waals surface area contributed by atoms with E-state index in [9.17, 15) is 9.90 Å². The topological polar surface area (TPSA) is 58.6 Å². The number of rotatable bonds is 9. The Bertz CT molecular complexity index is 751. The van der Waals surface area contributed by atoms with Crippen molar-refractivity contribution in [3.8, 4) is 16.9 Å². The van der Waals surface area contributed by atoms with Crippen molar-refractivity contribution in [3.05, 3.63) is 53.6 Å². The van der Waals surface area contributed by atoms with E-state index in [1.54, 1.807) is 7.11 Å². The van der Waals surface area contributed by atoms with Crippen molar-refractivity contribution in [2.75, 3.05) is 13.7 Å². The maximum absolute atomic E-state index is 11.7. The van der Waals surface area contributed by atoms with Crippen LogP contribution in [0.5, 0.6) is 5.75 Å². The normalized spacial score (nSPS) is 11.4. The van der Waals surface area contributed by atoms with Gasteiger partial charge in [-0.25, -0.2) is 0 Å². The number of aliphatic carboxylic acids is 1. The molecule has 0 spiro atoms. The highest BCUT2D eigenvalue weighted by Gasteiger charge is 2.34. The molecule has 26 heavy (non-hydrogen) atoms. The zero-order chi connectivity index (χ0) is 19.2. The van der Waals surface area contributed by atoms with Gasteiger partial charge < -0.3 is 15.2 Å². The van der Waals surface area contributed by atoms with Gasteiger partial charge in [0.2, 0.25) is 0 Å². The molecular formula is C22H29NO3. The molecule has 0 saturated carbocycles. The number of aryl methyl sites for hydroxylation is 1. The zero-order valence-corrected chi connectivity index (χ0v) is 16.1. The summed E-state index contributed by atoms with van der Waals surface area (Å²) in [6.07, 6.45) is 1.21. The van der Waals surface area contributed by atoms with Crippen molar-refractivity contribution in [2.24, 2.45) is 5.41 Å². The minimum atomic E-state index is -0.740. The predicted octanol–water partition coefficient (Wildman–Crippen LogP) is 4.65. The first-order valence-corrected chi connectivity index (χ1v) is 9.14. The third-order valence-corrected chi connectivity index (χ3v) is 5.32. The molecule has 2 N–H and O–H groups in total. The average Bonchev–Trinajstić information content (AvgIpc) is 2.65. The molecule has 0 aromatic heterocycles. The Hall–Kier alpha value is -2.33. The van der Waals surface area contributed by atoms with Gasteiger partial charge in [0.05, 0.1) is 12.5 Å². The van der Waals surface area contributed by atoms with E-state index in [1.165, 1.54) is 11.1 Å². The van der Waals surface area contributed by atoms with Gasteiger partial charge in [-0.3, -0.25) is 4.79 Å². The standard InChI is InChI=1S/C22H29NO3/c1-5-22(6-2,21(24)25)15-23-14-18-13-17(11-12-20(18)26-4)19-10-8-7-9-16(19)3/h7-13,23H,5-6,14-15H2,1-4H3,(H,24,25). The monoisotopic (exact) mass is 355 g/mol. The fraction of sp³-hybridized carbons (Fsp3) is 0.409. The molecule has 4 nitrogen and oxygen atoms in total. The van der Waals surface area contributed by atoms with E-state index in [0.717, 1.165) is 16.9 Å². The number of hydrogen-bond donors (Lipinski definition) is 2. The summed E-state index contributed by atoms with van der Waals surface area (Å²) < 4.78 is 5.49. The summed E-state index contributed by atoms with van der Waals surface area (Å²) in [5.41, 5.74) is 3.86. The van der Waals surface area contributed by atoms with Crippen LogP contribution < -0.4 is 10.1 Å². The van der Waals surface area contributed by atoms with Gasteiger partial charge in [0.25, 0.3) is 0 Å². The second-order valence-electron chi connectivity index (χ2n) is 6.74. The molecular weight excluding hydrogens is 326 g/mol. The molecule has 2 aromatic carbocycles. The van der Waals surface area contributed by atoms with E-state index in [-0.39, 0.29) is 0 Å². The number of nitrogens with one attached hydrogen (secondary N) is 1. The van der Waals surface area contributed by atoms with Gasteiger partial charge in [-0.05, 0) is 48.6 Å². The molecule has 0 aliphatic carbocycles. The highest BCUT2D eigenvalue weighted by molar-refractivity contribution is 5.74. The van der Waals surface area contributed by atoms with E-state index >= 15 is 0 Å². The predicted molar refractivity (Wildman–Crippen MR) is 106 cm³/mol. The van der Waals surface area contributed by atoms with Crippen molar-refractivity contribution < 1.29 is 14.6 Å². The van der Waals surface area contributed by atoms with Gasteiger partial charge in [0, 0.05) is 18.7 Å². The molecule has 0 aliphatic rings. The lowest BCUT2D eigenvalue weighted by Crippen LogP contribution is -2.40. The molecule has 0 bridgehead atoms. The highest BCUT2D eigenvalue weighted by atomic mass is 16.5. The van der Waals surface area contributed by atoms with Crippen molar-refractivity contribution >= 4 is 5.97 Å². The fourth-order valence-corrected chi connectivity index (χ4v) is 3.30. The molecule has 0 saturated heterocycles. The number of benzene rings is 2. The van der Waals surface area contributed by atoms with Crippen molar-refractivity contribution in [2.45, 2.75) is 40.2 Å². The number of hydrogen-bond acceptors (Lipinski definition) is 3. The fourth-order valence-electron chi connectivity index (χ4n) is 3.30. The van der Waals surface area contributed by atoms with Gasteiger partial charge in [-0.2, -0.15) is 0 Å². The molecule has 0 atom stereocenters. The van der Waals surface area contributed by atoms with Crippen LogP contribution in [0.1, 0.15) is 37.8 Å². The lowest BCUT2D eigenvalue weighted by Gasteiger charge is -2.27. The lowest BCUT2D eigenvalue weighted by molar-refractivity contribution is -0.149. The van der Waals surface area contributed by atoms with Crippen LogP contribution in [0.2, 0.25) is 0 Å². The molecule has 0 amide bonds. The van der Waals surface area contributed by atoms with Gasteiger partial charge in [-0.15, -0.1) is 0 Å². The first-order valence-electron chi connectivity index (χ1n) is 9.14. The van der Waals surface area contributed by atoms with E-state index < -0.39 is 11.4 Å². The van der Waals surface area contributed by atoms with Crippen molar-refractivity contribution in [3.63, 3.8) is 0 Å². The van der Waals surface area contributed by atoms with Crippen LogP contribution in [0.3, 0.4) is 0 Å². The van der Waals surface area contributed by atoms with Gasteiger partial charge >= 0.3 is 5.97 Å². The molecule has 0 unspecified atom stereocenters. The largest absolute Gasteiger partial charge is 0.496 e. The molecule has 0 radical (unpaired) electrons. The Labute approximate surface area is 156 Å². The third-order valence-electron chi connectivity index (χ3n) is 5.32. The van der Waals surface area contributed by atoms with E-state index in [1.807, 2.05) is 32.0 Å². The van der Waals surface area contributed by atoms with E-state index in [0.29, 0.717) is 25.9 Å². The summed E-state index contributed by atoms with van der Waals surface area (Å²) >= 11 is 0. The van der Waals surface area contributed by atoms with Gasteiger partial charge in [0.1, 0.15) is 5.75 Å². The first-order chi connectivity index (χ1) is 12.5. The summed E-state index contributed by atoms with van der Waals surface area (Å²) in [5.74, 6) is 0.0689. The van der Waals surface area contributed by atoms with Gasteiger partial charge in [-0.1, -0.05) is 44.2 Å². The molecule has 2 aromatic rings. The second kappa shape index (κ2) is 8.86. The molecule has 4 heteroatoms. The SMILES string of the molecule is CCC(CC)(CNCc1cc(-c2ccccc2C)ccc1OC)C(=O)O. The molecule has 140 valence electrons. The second-order valence-corrected chi connectivity index (χ2v) is 6.74. The number of carboxylic acid groups (broad SMARTS) is 1. The lowest BCUT2D eigenvalue weighted by atomic mass is 9.82. The zero-order valence-electron chi connectivity index (χ0n) is 16.1. The number of carbonyl (C=O) groups is 1. The number of ether oxygens (including phenoxy) is 1. The molecule has 0 aliphatic heterocycles. The molecule has 0 heterocycles. The Morgan fingerprint density at radius 2 is 1.85 bits per heavy atom. The molecule has 0 fully saturated rings. The Morgan fingerprint density at radius 1 is 1.15 bits per heavy atom. The maximum Gasteiger partial charge on any atom is 0.310 e. The van der Waals surface area contributed by atoms with Crippen LogP contribution in [0.25, 0.3) is 11.1 Å². The maximum atomic E-state index is 11.7. The number of methoxy groups -OCH3 is 1. The smallest absolute Gasteiger partial charge is 0.310 e. The third kappa shape index (κ3) is 4.25. The van der Waals surface area contributed by atoms with Crippen LogP contribution in [-0.2, 0) is 11.3 Å². The van der Waals surface area contributed by atoms with Crippen molar-refractivity contribution in [1.82, 2.24) is 5.32 Å². The quantitative estimate of drug-likeness (QED) is 0.687. The van der Waals surface area contributed by atoms with E-state index in [4.69, 9.17) is 4.74 Å². The molecule has 2 rings (SSSR count). The Kier molecular flexibility index (Phi) is 6.81. The van der Waals surface area contributed by atoms with Crippen LogP contribution in [0.4, 0.5) is 0 Å². The Balaban J connectivity index is 2.22. The average molecular weight is 355 g/mol. The van der Waals surface area contributed by atoms with E-state index in [2.05, 4.69) is 36.5 Å². The van der Waals surface area contributed by atoms with Crippen molar-refractivity contribution in [1.29, 1.82) is 0 Å². The summed E-state index contributed by atoms with van der Waals surface area (Å²) in [6, 6.07) is 14.4. The minimum absolute atomic E-state index is 0.438. The Morgan fingerprint density at radius 3 is 2.42 bits per heavy atom. The summed E-state index contributed by atoms with van der Waals surface area (Å²) in [4.78, 5) is 11.7. The van der Waals surface area contributed by atoms with Crippen LogP contribution in [-0.4, -0.2) is 24.7 Å². The van der Waals surface area contributed by atoms with Crippen LogP contribution >= 0.6 is 0 Å². The minimum Gasteiger partial charge on any atom is -0.496 e. The summed E-state index contributed by atoms with van der Waals surface area (Å²) in [7, 11) is 1.66. The summed E-state index contributed by atoms with van der Waals surface area (Å²) in [5, 5.41) is 12.9. The van der Waals surface area contributed by atoms with Gasteiger partial charge in [0.15, 0.2) is 0 Å². The van der Waals surface area contributed by atoms with Crippen LogP contribution in [0.15, 0.2) is 42.5 Å².